The Labute approximate surface area is 131 Å². The highest BCUT2D eigenvalue weighted by atomic mass is 32.2. The van der Waals surface area contributed by atoms with E-state index < -0.39 is 23.1 Å². The number of amides is 1. The van der Waals surface area contributed by atoms with Crippen LogP contribution in [-0.2, 0) is 9.59 Å². The number of halogens is 1. The number of nitrogens with one attached hydrogen (secondary N) is 1. The standard InChI is InChI=1S/C15H15FN2O3S/c16-11-7-10(22-9-17)3-4-12(11)18-13(19)8-15(14(20)21)5-1-2-6-15/h3-4,7H,1-2,5-6,8H2,(H,18,19)(H,20,21). The molecule has 0 bridgehead atoms. The van der Waals surface area contributed by atoms with Crippen LogP contribution in [0, 0.1) is 21.9 Å². The number of hydrogen-bond acceptors (Lipinski definition) is 4. The molecule has 0 aromatic heterocycles. The smallest absolute Gasteiger partial charge is 0.310 e. The highest BCUT2D eigenvalue weighted by Crippen LogP contribution is 2.41. The van der Waals surface area contributed by atoms with Crippen molar-refractivity contribution in [2.45, 2.75) is 37.0 Å². The minimum absolute atomic E-state index is 0.00849. The molecule has 0 atom stereocenters. The van der Waals surface area contributed by atoms with Gasteiger partial charge in [-0.1, -0.05) is 12.8 Å². The average molecular weight is 322 g/mol. The summed E-state index contributed by atoms with van der Waals surface area (Å²) < 4.78 is 13.8. The Bertz CT molecular complexity index is 636. The number of anilines is 1. The summed E-state index contributed by atoms with van der Waals surface area (Å²) in [5.74, 6) is -2.13. The molecule has 1 aliphatic rings. The van der Waals surface area contributed by atoms with Crippen LogP contribution in [-0.4, -0.2) is 17.0 Å². The second-order valence-electron chi connectivity index (χ2n) is 5.35. The van der Waals surface area contributed by atoms with Crippen LogP contribution in [0.25, 0.3) is 0 Å². The lowest BCUT2D eigenvalue weighted by atomic mass is 9.82. The van der Waals surface area contributed by atoms with E-state index >= 15 is 0 Å². The van der Waals surface area contributed by atoms with Gasteiger partial charge in [0, 0.05) is 11.3 Å². The lowest BCUT2D eigenvalue weighted by Crippen LogP contribution is -2.32. The molecule has 1 aromatic carbocycles. The molecular formula is C15H15FN2O3S. The van der Waals surface area contributed by atoms with Crippen LogP contribution in [0.3, 0.4) is 0 Å². The molecule has 2 N–H and O–H groups in total. The van der Waals surface area contributed by atoms with E-state index in [2.05, 4.69) is 5.32 Å². The Kier molecular flexibility index (Phi) is 5.03. The third-order valence-electron chi connectivity index (χ3n) is 3.89. The first kappa shape index (κ1) is 16.3. The van der Waals surface area contributed by atoms with E-state index in [1.165, 1.54) is 12.1 Å². The van der Waals surface area contributed by atoms with Crippen molar-refractivity contribution in [2.24, 2.45) is 5.41 Å². The van der Waals surface area contributed by atoms with E-state index in [0.29, 0.717) is 17.7 Å². The fraction of sp³-hybridized carbons (Fsp3) is 0.400. The molecule has 22 heavy (non-hydrogen) atoms. The van der Waals surface area contributed by atoms with Crippen molar-refractivity contribution in [2.75, 3.05) is 5.32 Å². The SMILES string of the molecule is N#CSc1ccc(NC(=O)CC2(C(=O)O)CCCC2)c(F)c1. The van der Waals surface area contributed by atoms with Crippen LogP contribution in [0.15, 0.2) is 23.1 Å². The number of carboxylic acids is 1. The van der Waals surface area contributed by atoms with Crippen LogP contribution in [0.1, 0.15) is 32.1 Å². The van der Waals surface area contributed by atoms with Gasteiger partial charge in [-0.2, -0.15) is 5.26 Å². The van der Waals surface area contributed by atoms with E-state index in [9.17, 15) is 19.1 Å². The molecule has 0 unspecified atom stereocenters. The molecule has 5 nitrogen and oxygen atoms in total. The summed E-state index contributed by atoms with van der Waals surface area (Å²) in [7, 11) is 0. The van der Waals surface area contributed by atoms with Gasteiger partial charge >= 0.3 is 5.97 Å². The van der Waals surface area contributed by atoms with Crippen LogP contribution in [0.4, 0.5) is 10.1 Å². The Hall–Kier alpha value is -2.07. The number of thioether (sulfide) groups is 1. The molecule has 0 aliphatic heterocycles. The number of rotatable bonds is 5. The van der Waals surface area contributed by atoms with Gasteiger partial charge in [-0.05, 0) is 42.8 Å². The van der Waals surface area contributed by atoms with Gasteiger partial charge in [0.1, 0.15) is 11.2 Å². The van der Waals surface area contributed by atoms with Gasteiger partial charge in [0.2, 0.25) is 5.91 Å². The monoisotopic (exact) mass is 322 g/mol. The minimum Gasteiger partial charge on any atom is -0.481 e. The number of nitriles is 1. The second kappa shape index (κ2) is 6.79. The van der Waals surface area contributed by atoms with Gasteiger partial charge in [-0.3, -0.25) is 9.59 Å². The zero-order chi connectivity index (χ0) is 16.2. The predicted molar refractivity (Wildman–Crippen MR) is 79.7 cm³/mol. The van der Waals surface area contributed by atoms with Crippen molar-refractivity contribution in [1.29, 1.82) is 5.26 Å². The normalized spacial score (nSPS) is 16.0. The van der Waals surface area contributed by atoms with Gasteiger partial charge in [0.05, 0.1) is 11.1 Å². The van der Waals surface area contributed by atoms with Crippen molar-refractivity contribution in [3.05, 3.63) is 24.0 Å². The van der Waals surface area contributed by atoms with Crippen molar-refractivity contribution >= 4 is 29.3 Å². The number of carbonyl (C=O) groups is 2. The molecule has 0 radical (unpaired) electrons. The Balaban J connectivity index is 2.06. The molecule has 116 valence electrons. The van der Waals surface area contributed by atoms with Gasteiger partial charge in [-0.15, -0.1) is 0 Å². The van der Waals surface area contributed by atoms with Crippen LogP contribution in [0.5, 0.6) is 0 Å². The zero-order valence-electron chi connectivity index (χ0n) is 11.8. The molecule has 2 rings (SSSR count). The van der Waals surface area contributed by atoms with Crippen LogP contribution >= 0.6 is 11.8 Å². The molecule has 1 aromatic rings. The first-order chi connectivity index (χ1) is 10.5. The predicted octanol–water partition coefficient (Wildman–Crippen LogP) is 3.37. The lowest BCUT2D eigenvalue weighted by Gasteiger charge is -2.22. The molecule has 0 heterocycles. The molecule has 0 saturated heterocycles. The number of carbonyl (C=O) groups excluding carboxylic acids is 1. The number of aliphatic carboxylic acids is 1. The number of hydrogen-bond donors (Lipinski definition) is 2. The molecule has 7 heteroatoms. The highest BCUT2D eigenvalue weighted by Gasteiger charge is 2.43. The second-order valence-corrected chi connectivity index (χ2v) is 6.21. The molecule has 1 amide bonds. The zero-order valence-corrected chi connectivity index (χ0v) is 12.6. The maximum atomic E-state index is 13.8. The third kappa shape index (κ3) is 3.57. The summed E-state index contributed by atoms with van der Waals surface area (Å²) in [5, 5.41) is 22.1. The maximum Gasteiger partial charge on any atom is 0.310 e. The van der Waals surface area contributed by atoms with Crippen LogP contribution < -0.4 is 5.32 Å². The van der Waals surface area contributed by atoms with E-state index in [1.54, 1.807) is 0 Å². The topological polar surface area (TPSA) is 90.2 Å². The summed E-state index contributed by atoms with van der Waals surface area (Å²) in [5.41, 5.74) is -1.04. The van der Waals surface area contributed by atoms with Gasteiger partial charge < -0.3 is 10.4 Å². The summed E-state index contributed by atoms with van der Waals surface area (Å²) in [6.45, 7) is 0. The average Bonchev–Trinajstić information content (AvgIpc) is 2.92. The minimum atomic E-state index is -1.03. The first-order valence-corrected chi connectivity index (χ1v) is 7.67. The summed E-state index contributed by atoms with van der Waals surface area (Å²) in [6.07, 6.45) is 2.35. The van der Waals surface area contributed by atoms with Crippen molar-refractivity contribution in [3.8, 4) is 5.40 Å². The van der Waals surface area contributed by atoms with E-state index in [1.807, 2.05) is 5.40 Å². The Morgan fingerprint density at radius 3 is 2.64 bits per heavy atom. The van der Waals surface area contributed by atoms with Crippen LogP contribution in [0.2, 0.25) is 0 Å². The summed E-state index contributed by atoms with van der Waals surface area (Å²) >= 11 is 0.822. The molecule has 1 saturated carbocycles. The van der Waals surface area contributed by atoms with Gasteiger partial charge in [0.15, 0.2) is 0 Å². The van der Waals surface area contributed by atoms with Crippen molar-refractivity contribution in [1.82, 2.24) is 0 Å². The number of nitrogens with zero attached hydrogens (tertiary/aromatic N) is 1. The van der Waals surface area contributed by atoms with Crippen molar-refractivity contribution < 1.29 is 19.1 Å². The van der Waals surface area contributed by atoms with Gasteiger partial charge in [0.25, 0.3) is 0 Å². The first-order valence-electron chi connectivity index (χ1n) is 6.85. The van der Waals surface area contributed by atoms with E-state index in [4.69, 9.17) is 5.26 Å². The number of carboxylic acid groups (broad SMARTS) is 1. The fourth-order valence-electron chi connectivity index (χ4n) is 2.73. The van der Waals surface area contributed by atoms with Crippen molar-refractivity contribution in [3.63, 3.8) is 0 Å². The number of thiocyanates is 1. The summed E-state index contributed by atoms with van der Waals surface area (Å²) in [6, 6.07) is 4.05. The van der Waals surface area contributed by atoms with Gasteiger partial charge in [-0.25, -0.2) is 4.39 Å². The largest absolute Gasteiger partial charge is 0.481 e. The quantitative estimate of drug-likeness (QED) is 0.640. The molecule has 1 aliphatic carbocycles. The lowest BCUT2D eigenvalue weighted by molar-refractivity contribution is -0.150. The highest BCUT2D eigenvalue weighted by molar-refractivity contribution is 8.03. The van der Waals surface area contributed by atoms with E-state index in [0.717, 1.165) is 30.7 Å². The molecule has 1 fully saturated rings. The third-order valence-corrected chi connectivity index (χ3v) is 4.47. The molecule has 0 spiro atoms. The number of benzene rings is 1. The fourth-order valence-corrected chi connectivity index (χ4v) is 3.14. The summed E-state index contributed by atoms with van der Waals surface area (Å²) in [4.78, 5) is 23.9. The molecular weight excluding hydrogens is 307 g/mol. The Morgan fingerprint density at radius 1 is 1.41 bits per heavy atom. The maximum absolute atomic E-state index is 13.8. The van der Waals surface area contributed by atoms with E-state index in [-0.39, 0.29) is 12.1 Å². The Morgan fingerprint density at radius 2 is 2.09 bits per heavy atom.